The van der Waals surface area contributed by atoms with E-state index in [0.29, 0.717) is 6.61 Å². The topological polar surface area (TPSA) is 50.3 Å². The second kappa shape index (κ2) is 8.01. The lowest BCUT2D eigenvalue weighted by atomic mass is 10.0. The first-order valence-electron chi connectivity index (χ1n) is 8.89. The van der Waals surface area contributed by atoms with Crippen molar-refractivity contribution in [2.45, 2.75) is 20.8 Å². The summed E-state index contributed by atoms with van der Waals surface area (Å²) >= 11 is 1.72. The average molecular weight is 371 g/mol. The molecule has 0 amide bonds. The molecule has 0 atom stereocenters. The van der Waals surface area contributed by atoms with Crippen molar-refractivity contribution in [3.8, 4) is 16.9 Å². The second-order valence-electron chi connectivity index (χ2n) is 6.52. The van der Waals surface area contributed by atoms with Crippen LogP contribution < -0.4 is 10.1 Å². The lowest BCUT2D eigenvalue weighted by Gasteiger charge is -2.13. The summed E-state index contributed by atoms with van der Waals surface area (Å²) < 4.78 is 5.57. The fraction of sp³-hybridized carbons (Fsp3) is 0.400. The summed E-state index contributed by atoms with van der Waals surface area (Å²) in [6.07, 6.45) is 0. The summed E-state index contributed by atoms with van der Waals surface area (Å²) in [7, 11) is 4.14. The lowest BCUT2D eigenvalue weighted by Crippen LogP contribution is -2.21. The maximum absolute atomic E-state index is 5.57. The summed E-state index contributed by atoms with van der Waals surface area (Å²) in [6.45, 7) is 8.56. The Morgan fingerprint density at radius 1 is 1.12 bits per heavy atom. The van der Waals surface area contributed by atoms with Crippen molar-refractivity contribution in [3.05, 3.63) is 35.0 Å². The third-order valence-corrected chi connectivity index (χ3v) is 5.14. The van der Waals surface area contributed by atoms with Gasteiger partial charge >= 0.3 is 0 Å². The molecule has 0 aliphatic rings. The fourth-order valence-electron chi connectivity index (χ4n) is 2.98. The maximum atomic E-state index is 5.57. The van der Waals surface area contributed by atoms with E-state index in [0.717, 1.165) is 40.7 Å². The Morgan fingerprint density at radius 2 is 1.85 bits per heavy atom. The predicted molar refractivity (Wildman–Crippen MR) is 111 cm³/mol. The van der Waals surface area contributed by atoms with E-state index in [9.17, 15) is 0 Å². The van der Waals surface area contributed by atoms with E-state index >= 15 is 0 Å². The summed E-state index contributed by atoms with van der Waals surface area (Å²) in [5, 5.41) is 4.62. The van der Waals surface area contributed by atoms with Crippen molar-refractivity contribution in [1.82, 2.24) is 14.9 Å². The van der Waals surface area contributed by atoms with Crippen LogP contribution in [-0.4, -0.2) is 48.7 Å². The highest BCUT2D eigenvalue weighted by Crippen LogP contribution is 2.41. The quantitative estimate of drug-likeness (QED) is 0.670. The number of benzene rings is 1. The van der Waals surface area contributed by atoms with E-state index < -0.39 is 0 Å². The molecule has 2 heterocycles. The average Bonchev–Trinajstić information content (AvgIpc) is 2.91. The van der Waals surface area contributed by atoms with Crippen LogP contribution >= 0.6 is 11.3 Å². The molecule has 138 valence electrons. The number of nitrogens with one attached hydrogen (secondary N) is 1. The van der Waals surface area contributed by atoms with Crippen LogP contribution in [-0.2, 0) is 0 Å². The number of anilines is 1. The Kier molecular flexibility index (Phi) is 5.74. The summed E-state index contributed by atoms with van der Waals surface area (Å²) in [6, 6.07) is 8.28. The van der Waals surface area contributed by atoms with Gasteiger partial charge in [-0.1, -0.05) is 12.1 Å². The van der Waals surface area contributed by atoms with Crippen molar-refractivity contribution >= 4 is 27.4 Å². The van der Waals surface area contributed by atoms with Crippen LogP contribution in [0.5, 0.6) is 5.75 Å². The third-order valence-electron chi connectivity index (χ3n) is 4.14. The molecule has 1 aromatic carbocycles. The predicted octanol–water partition coefficient (Wildman–Crippen LogP) is 4.35. The largest absolute Gasteiger partial charge is 0.494 e. The molecule has 0 unspecified atom stereocenters. The highest BCUT2D eigenvalue weighted by molar-refractivity contribution is 7.19. The number of aryl methyl sites for hydroxylation is 2. The van der Waals surface area contributed by atoms with Gasteiger partial charge in [-0.2, -0.15) is 0 Å². The van der Waals surface area contributed by atoms with Crippen LogP contribution in [0.15, 0.2) is 24.3 Å². The summed E-state index contributed by atoms with van der Waals surface area (Å²) in [5.41, 5.74) is 2.38. The monoisotopic (exact) mass is 370 g/mol. The molecular formula is C20H26N4OS. The van der Waals surface area contributed by atoms with E-state index in [-0.39, 0.29) is 0 Å². The minimum atomic E-state index is 0.673. The standard InChI is InChI=1S/C20H26N4OS/c1-6-25-16-9-7-15(8-10-16)17-13(2)26-20-18(17)19(22-14(3)23-20)21-11-12-24(4)5/h7-10H,6,11-12H2,1-5H3,(H,21,22,23). The van der Waals surface area contributed by atoms with Crippen LogP contribution in [0.4, 0.5) is 5.82 Å². The summed E-state index contributed by atoms with van der Waals surface area (Å²) in [5.74, 6) is 2.61. The lowest BCUT2D eigenvalue weighted by molar-refractivity contribution is 0.340. The molecule has 0 fully saturated rings. The molecule has 1 N–H and O–H groups in total. The Hall–Kier alpha value is -2.18. The van der Waals surface area contributed by atoms with Gasteiger partial charge in [0.15, 0.2) is 0 Å². The van der Waals surface area contributed by atoms with Gasteiger partial charge in [0.05, 0.1) is 12.0 Å². The Labute approximate surface area is 159 Å². The van der Waals surface area contributed by atoms with Crippen LogP contribution in [0.3, 0.4) is 0 Å². The molecule has 0 spiro atoms. The minimum absolute atomic E-state index is 0.673. The molecule has 26 heavy (non-hydrogen) atoms. The number of aromatic nitrogens is 2. The first-order valence-corrected chi connectivity index (χ1v) is 9.70. The number of ether oxygens (including phenoxy) is 1. The molecule has 3 rings (SSSR count). The fourth-order valence-corrected chi connectivity index (χ4v) is 4.07. The number of hydrogen-bond acceptors (Lipinski definition) is 6. The van der Waals surface area contributed by atoms with Gasteiger partial charge < -0.3 is 15.0 Å². The third kappa shape index (κ3) is 3.97. The molecule has 0 saturated carbocycles. The second-order valence-corrected chi connectivity index (χ2v) is 7.72. The van der Waals surface area contributed by atoms with E-state index in [1.54, 1.807) is 11.3 Å². The number of hydrogen-bond donors (Lipinski definition) is 1. The van der Waals surface area contributed by atoms with Crippen molar-refractivity contribution in [3.63, 3.8) is 0 Å². The highest BCUT2D eigenvalue weighted by atomic mass is 32.1. The maximum Gasteiger partial charge on any atom is 0.139 e. The van der Waals surface area contributed by atoms with Gasteiger partial charge in [0.2, 0.25) is 0 Å². The number of likely N-dealkylation sites (N-methyl/N-ethyl adjacent to an activating group) is 1. The molecule has 0 aliphatic carbocycles. The van der Waals surface area contributed by atoms with Gasteiger partial charge in [-0.3, -0.25) is 0 Å². The number of fused-ring (bicyclic) bond motifs is 1. The van der Waals surface area contributed by atoms with Gasteiger partial charge in [-0.05, 0) is 52.6 Å². The summed E-state index contributed by atoms with van der Waals surface area (Å²) in [4.78, 5) is 13.8. The van der Waals surface area contributed by atoms with Gasteiger partial charge in [0, 0.05) is 23.5 Å². The molecule has 0 bridgehead atoms. The van der Waals surface area contributed by atoms with Gasteiger partial charge in [0.1, 0.15) is 22.2 Å². The number of nitrogens with zero attached hydrogens (tertiary/aromatic N) is 3. The zero-order valence-electron chi connectivity index (χ0n) is 16.1. The van der Waals surface area contributed by atoms with Crippen LogP contribution in [0.25, 0.3) is 21.3 Å². The molecule has 0 saturated heterocycles. The van der Waals surface area contributed by atoms with Crippen molar-refractivity contribution in [1.29, 1.82) is 0 Å². The minimum Gasteiger partial charge on any atom is -0.494 e. The number of thiophene rings is 1. The molecule has 0 aliphatic heterocycles. The Morgan fingerprint density at radius 3 is 2.50 bits per heavy atom. The molecule has 6 heteroatoms. The first kappa shape index (κ1) is 18.6. The Bertz CT molecular complexity index is 887. The zero-order valence-corrected chi connectivity index (χ0v) is 16.9. The smallest absolute Gasteiger partial charge is 0.139 e. The molecular weight excluding hydrogens is 344 g/mol. The van der Waals surface area contributed by atoms with Gasteiger partial charge in [-0.25, -0.2) is 9.97 Å². The van der Waals surface area contributed by atoms with E-state index in [2.05, 4.69) is 53.3 Å². The van der Waals surface area contributed by atoms with Crippen LogP contribution in [0.1, 0.15) is 17.6 Å². The van der Waals surface area contributed by atoms with E-state index in [4.69, 9.17) is 4.74 Å². The van der Waals surface area contributed by atoms with Crippen molar-refractivity contribution in [2.24, 2.45) is 0 Å². The number of rotatable bonds is 7. The zero-order chi connectivity index (χ0) is 18.7. The van der Waals surface area contributed by atoms with E-state index in [1.807, 2.05) is 26.0 Å². The van der Waals surface area contributed by atoms with E-state index in [1.165, 1.54) is 16.0 Å². The van der Waals surface area contributed by atoms with Crippen LogP contribution in [0.2, 0.25) is 0 Å². The van der Waals surface area contributed by atoms with Gasteiger partial charge in [0.25, 0.3) is 0 Å². The normalized spacial score (nSPS) is 11.3. The van der Waals surface area contributed by atoms with Crippen molar-refractivity contribution in [2.75, 3.05) is 39.1 Å². The molecule has 5 nitrogen and oxygen atoms in total. The van der Waals surface area contributed by atoms with Crippen LogP contribution in [0, 0.1) is 13.8 Å². The SMILES string of the molecule is CCOc1ccc(-c2c(C)sc3nc(C)nc(NCCN(C)C)c23)cc1. The van der Waals surface area contributed by atoms with Crippen molar-refractivity contribution < 1.29 is 4.74 Å². The molecule has 3 aromatic rings. The molecule has 0 radical (unpaired) electrons. The molecule has 2 aromatic heterocycles. The first-order chi connectivity index (χ1) is 12.5. The van der Waals surface area contributed by atoms with Gasteiger partial charge in [-0.15, -0.1) is 11.3 Å². The highest BCUT2D eigenvalue weighted by Gasteiger charge is 2.17. The Balaban J connectivity index is 2.05.